The Morgan fingerprint density at radius 1 is 1.16 bits per heavy atom. The topological polar surface area (TPSA) is 24.5 Å². The zero-order valence-corrected chi connectivity index (χ0v) is 13.1. The molecular weight excluding hydrogens is 236 g/mol. The van der Waals surface area contributed by atoms with E-state index in [1.165, 1.54) is 45.1 Å². The molecule has 0 unspecified atom stereocenters. The zero-order chi connectivity index (χ0) is 13.8. The van der Waals surface area contributed by atoms with E-state index < -0.39 is 0 Å². The molecule has 1 aliphatic heterocycles. The number of hydrogen-bond acceptors (Lipinski definition) is 3. The first-order valence-corrected chi connectivity index (χ1v) is 8.16. The van der Waals surface area contributed by atoms with Gasteiger partial charge in [-0.1, -0.05) is 26.2 Å². The van der Waals surface area contributed by atoms with Crippen molar-refractivity contribution in [1.29, 1.82) is 0 Å². The van der Waals surface area contributed by atoms with Crippen molar-refractivity contribution in [1.82, 2.24) is 10.2 Å². The highest BCUT2D eigenvalue weighted by molar-refractivity contribution is 5.04. The number of nitrogens with zero attached hydrogens (tertiary/aromatic N) is 1. The van der Waals surface area contributed by atoms with Gasteiger partial charge in [-0.15, -0.1) is 0 Å². The first-order valence-electron chi connectivity index (χ1n) is 8.16. The minimum atomic E-state index is 0.266. The van der Waals surface area contributed by atoms with Crippen molar-refractivity contribution in [2.45, 2.75) is 70.4 Å². The van der Waals surface area contributed by atoms with E-state index in [9.17, 15) is 0 Å². The van der Waals surface area contributed by atoms with Gasteiger partial charge in [0.25, 0.3) is 0 Å². The van der Waals surface area contributed by atoms with Crippen LogP contribution in [-0.2, 0) is 4.74 Å². The lowest BCUT2D eigenvalue weighted by atomic mass is 9.87. The molecule has 0 radical (unpaired) electrons. The molecule has 3 heteroatoms. The summed E-state index contributed by atoms with van der Waals surface area (Å²) in [6, 6.07) is 0. The van der Waals surface area contributed by atoms with Crippen LogP contribution in [0.2, 0.25) is 0 Å². The van der Waals surface area contributed by atoms with Gasteiger partial charge in [0.05, 0.1) is 6.61 Å². The van der Waals surface area contributed by atoms with E-state index in [2.05, 4.69) is 31.0 Å². The molecule has 1 aliphatic carbocycles. The van der Waals surface area contributed by atoms with Crippen LogP contribution in [-0.4, -0.2) is 48.8 Å². The van der Waals surface area contributed by atoms with E-state index in [0.717, 1.165) is 26.3 Å². The average Bonchev–Trinajstić information content (AvgIpc) is 2.83. The molecule has 2 fully saturated rings. The number of ether oxygens (including phenoxy) is 1. The van der Waals surface area contributed by atoms with Gasteiger partial charge >= 0.3 is 0 Å². The van der Waals surface area contributed by atoms with Crippen molar-refractivity contribution in [3.63, 3.8) is 0 Å². The lowest BCUT2D eigenvalue weighted by Crippen LogP contribution is -2.67. The Hall–Kier alpha value is -0.120. The summed E-state index contributed by atoms with van der Waals surface area (Å²) in [7, 11) is 0. The molecule has 0 aromatic carbocycles. The highest BCUT2D eigenvalue weighted by Gasteiger charge is 2.43. The fraction of sp³-hybridized carbons (Fsp3) is 1.00. The molecule has 0 aromatic heterocycles. The van der Waals surface area contributed by atoms with Crippen LogP contribution < -0.4 is 5.32 Å². The monoisotopic (exact) mass is 268 g/mol. The summed E-state index contributed by atoms with van der Waals surface area (Å²) in [5.41, 5.74) is 0.681. The first-order chi connectivity index (χ1) is 9.08. The van der Waals surface area contributed by atoms with E-state index in [1.807, 2.05) is 0 Å². The Bertz CT molecular complexity index is 272. The minimum Gasteiger partial charge on any atom is -0.380 e. The summed E-state index contributed by atoms with van der Waals surface area (Å²) in [5.74, 6) is 0. The highest BCUT2D eigenvalue weighted by atomic mass is 16.5. The number of hydrogen-bond donors (Lipinski definition) is 1. The van der Waals surface area contributed by atoms with Gasteiger partial charge in [-0.3, -0.25) is 4.90 Å². The van der Waals surface area contributed by atoms with Gasteiger partial charge in [0.15, 0.2) is 0 Å². The molecule has 0 atom stereocenters. The van der Waals surface area contributed by atoms with Crippen molar-refractivity contribution >= 4 is 0 Å². The maximum Gasteiger partial charge on any atom is 0.0593 e. The van der Waals surface area contributed by atoms with Crippen LogP contribution in [0.1, 0.15) is 59.3 Å². The van der Waals surface area contributed by atoms with Gasteiger partial charge < -0.3 is 10.1 Å². The van der Waals surface area contributed by atoms with Crippen molar-refractivity contribution in [3.05, 3.63) is 0 Å². The quantitative estimate of drug-likeness (QED) is 0.750. The molecule has 0 aromatic rings. The number of piperazine rings is 1. The molecule has 1 saturated carbocycles. The smallest absolute Gasteiger partial charge is 0.0593 e. The Kier molecular flexibility index (Phi) is 5.27. The third-order valence-corrected chi connectivity index (χ3v) is 4.95. The Morgan fingerprint density at radius 3 is 2.58 bits per heavy atom. The molecule has 1 saturated heterocycles. The fourth-order valence-corrected chi connectivity index (χ4v) is 3.44. The molecule has 2 rings (SSSR count). The molecule has 1 N–H and O–H groups in total. The van der Waals surface area contributed by atoms with Crippen LogP contribution in [0.15, 0.2) is 0 Å². The Morgan fingerprint density at radius 2 is 1.89 bits per heavy atom. The van der Waals surface area contributed by atoms with Gasteiger partial charge in [0.1, 0.15) is 0 Å². The second-order valence-corrected chi connectivity index (χ2v) is 7.04. The largest absolute Gasteiger partial charge is 0.380 e. The lowest BCUT2D eigenvalue weighted by Gasteiger charge is -2.51. The predicted molar refractivity (Wildman–Crippen MR) is 80.6 cm³/mol. The van der Waals surface area contributed by atoms with Gasteiger partial charge in [-0.25, -0.2) is 0 Å². The van der Waals surface area contributed by atoms with Gasteiger partial charge in [0, 0.05) is 37.3 Å². The van der Waals surface area contributed by atoms with Gasteiger partial charge in [-0.2, -0.15) is 0 Å². The normalized spacial score (nSPS) is 26.1. The van der Waals surface area contributed by atoms with Gasteiger partial charge in [-0.05, 0) is 33.1 Å². The molecule has 1 spiro atoms. The van der Waals surface area contributed by atoms with Crippen LogP contribution in [0.5, 0.6) is 0 Å². The second kappa shape index (κ2) is 6.55. The van der Waals surface area contributed by atoms with Crippen LogP contribution in [0.3, 0.4) is 0 Å². The maximum absolute atomic E-state index is 5.76. The summed E-state index contributed by atoms with van der Waals surface area (Å²) in [6.07, 6.45) is 7.92. The summed E-state index contributed by atoms with van der Waals surface area (Å²) in [4.78, 5) is 2.65. The number of nitrogens with one attached hydrogen (secondary N) is 1. The van der Waals surface area contributed by atoms with Crippen LogP contribution in [0.25, 0.3) is 0 Å². The molecular formula is C16H32N2O. The summed E-state index contributed by atoms with van der Waals surface area (Å²) < 4.78 is 5.76. The molecule has 1 heterocycles. The van der Waals surface area contributed by atoms with Crippen molar-refractivity contribution < 1.29 is 4.74 Å². The highest BCUT2D eigenvalue weighted by Crippen LogP contribution is 2.35. The maximum atomic E-state index is 5.76. The van der Waals surface area contributed by atoms with Crippen molar-refractivity contribution in [2.24, 2.45) is 0 Å². The molecule has 2 aliphatic rings. The Labute approximate surface area is 119 Å². The summed E-state index contributed by atoms with van der Waals surface area (Å²) in [5, 5.41) is 3.84. The minimum absolute atomic E-state index is 0.266. The SMILES string of the molecule is CCCCOCCN1CC2(CCCC2)NCC1(C)C. The van der Waals surface area contributed by atoms with E-state index in [4.69, 9.17) is 4.74 Å². The third-order valence-electron chi connectivity index (χ3n) is 4.95. The average molecular weight is 268 g/mol. The van der Waals surface area contributed by atoms with Crippen LogP contribution in [0, 0.1) is 0 Å². The van der Waals surface area contributed by atoms with E-state index >= 15 is 0 Å². The van der Waals surface area contributed by atoms with E-state index in [-0.39, 0.29) is 5.54 Å². The van der Waals surface area contributed by atoms with Crippen LogP contribution >= 0.6 is 0 Å². The van der Waals surface area contributed by atoms with Crippen molar-refractivity contribution in [3.8, 4) is 0 Å². The lowest BCUT2D eigenvalue weighted by molar-refractivity contribution is 0.00291. The van der Waals surface area contributed by atoms with Crippen LogP contribution in [0.4, 0.5) is 0 Å². The first kappa shape index (κ1) is 15.3. The zero-order valence-electron chi connectivity index (χ0n) is 13.1. The molecule has 0 amide bonds. The molecule has 0 bridgehead atoms. The fourth-order valence-electron chi connectivity index (χ4n) is 3.44. The number of unbranched alkanes of at least 4 members (excludes halogenated alkanes) is 1. The van der Waals surface area contributed by atoms with Gasteiger partial charge in [0.2, 0.25) is 0 Å². The standard InChI is InChI=1S/C16H32N2O/c1-4-5-11-19-12-10-18-14-16(8-6-7-9-16)17-13-15(18,2)3/h17H,4-14H2,1-3H3. The molecule has 3 nitrogen and oxygen atoms in total. The Balaban J connectivity index is 1.81. The van der Waals surface area contributed by atoms with Crippen molar-refractivity contribution in [2.75, 3.05) is 32.8 Å². The third kappa shape index (κ3) is 3.93. The predicted octanol–water partition coefficient (Wildman–Crippen LogP) is 2.80. The van der Waals surface area contributed by atoms with E-state index in [1.54, 1.807) is 0 Å². The summed E-state index contributed by atoms with van der Waals surface area (Å²) in [6.45, 7) is 12.1. The van der Waals surface area contributed by atoms with E-state index in [0.29, 0.717) is 5.54 Å². The summed E-state index contributed by atoms with van der Waals surface area (Å²) >= 11 is 0. The molecule has 112 valence electrons. The number of rotatable bonds is 6. The molecule has 19 heavy (non-hydrogen) atoms. The second-order valence-electron chi connectivity index (χ2n) is 7.04.